The van der Waals surface area contributed by atoms with Crippen LogP contribution in [0.25, 0.3) is 0 Å². The van der Waals surface area contributed by atoms with Gasteiger partial charge in [0.05, 0.1) is 12.0 Å². The molecule has 0 aromatic carbocycles. The first-order chi connectivity index (χ1) is 8.79. The molecule has 0 saturated heterocycles. The molecular weight excluding hydrogens is 222 g/mol. The minimum atomic E-state index is 0.708. The van der Waals surface area contributed by atoms with Crippen molar-refractivity contribution < 1.29 is 0 Å². The summed E-state index contributed by atoms with van der Waals surface area (Å²) >= 11 is 0. The van der Waals surface area contributed by atoms with Crippen molar-refractivity contribution >= 4 is 0 Å². The van der Waals surface area contributed by atoms with Crippen LogP contribution in [0, 0.1) is 5.92 Å². The van der Waals surface area contributed by atoms with E-state index < -0.39 is 0 Å². The molecule has 102 valence electrons. The number of hydrogen-bond donors (Lipinski definition) is 1. The molecule has 0 aliphatic heterocycles. The fraction of sp³-hybridized carbons (Fsp3) is 0.800. The lowest BCUT2D eigenvalue weighted by atomic mass is 10.0. The van der Waals surface area contributed by atoms with Crippen molar-refractivity contribution in [2.45, 2.75) is 71.5 Å². The predicted octanol–water partition coefficient (Wildman–Crippen LogP) is 3.35. The topological polar surface area (TPSA) is 29.9 Å². The zero-order valence-electron chi connectivity index (χ0n) is 11.9. The Hall–Kier alpha value is -0.830. The van der Waals surface area contributed by atoms with Gasteiger partial charge in [0.1, 0.15) is 0 Å². The number of nitrogens with zero attached hydrogens (tertiary/aromatic N) is 2. The first-order valence-electron chi connectivity index (χ1n) is 7.52. The average Bonchev–Trinajstić information content (AvgIpc) is 2.69. The monoisotopic (exact) mass is 249 g/mol. The van der Waals surface area contributed by atoms with Gasteiger partial charge in [-0.15, -0.1) is 0 Å². The summed E-state index contributed by atoms with van der Waals surface area (Å²) in [6, 6.07) is 0.708. The third-order valence-corrected chi connectivity index (χ3v) is 4.09. The molecule has 18 heavy (non-hydrogen) atoms. The van der Waals surface area contributed by atoms with E-state index in [1.165, 1.54) is 44.2 Å². The molecule has 1 aliphatic rings. The van der Waals surface area contributed by atoms with Gasteiger partial charge in [-0.3, -0.25) is 0 Å². The van der Waals surface area contributed by atoms with Crippen LogP contribution >= 0.6 is 0 Å². The van der Waals surface area contributed by atoms with Gasteiger partial charge in [-0.05, 0) is 31.6 Å². The molecule has 0 spiro atoms. The Morgan fingerprint density at radius 1 is 1.33 bits per heavy atom. The molecule has 0 radical (unpaired) electrons. The highest BCUT2D eigenvalue weighted by atomic mass is 15.1. The molecule has 1 aliphatic carbocycles. The van der Waals surface area contributed by atoms with E-state index in [1.807, 2.05) is 12.5 Å². The van der Waals surface area contributed by atoms with E-state index >= 15 is 0 Å². The van der Waals surface area contributed by atoms with Crippen LogP contribution < -0.4 is 5.32 Å². The minimum absolute atomic E-state index is 0.708. The molecule has 0 bridgehead atoms. The molecule has 1 aromatic heterocycles. The lowest BCUT2D eigenvalue weighted by molar-refractivity contribution is 0.439. The molecule has 1 fully saturated rings. The Labute approximate surface area is 111 Å². The third-order valence-electron chi connectivity index (χ3n) is 4.09. The highest BCUT2D eigenvalue weighted by Gasteiger charge is 2.15. The van der Waals surface area contributed by atoms with Crippen LogP contribution in [0.1, 0.15) is 58.1 Å². The standard InChI is InChI=1S/C15H27N3/c1-3-9-18-12-16-10-15(18)11-17-14-6-4-5-13(2)7-8-14/h10,12-14,17H,3-9,11H2,1-2H3. The minimum Gasteiger partial charge on any atom is -0.333 e. The largest absolute Gasteiger partial charge is 0.333 e. The molecule has 3 nitrogen and oxygen atoms in total. The first kappa shape index (κ1) is 13.6. The van der Waals surface area contributed by atoms with Gasteiger partial charge in [-0.25, -0.2) is 4.98 Å². The van der Waals surface area contributed by atoms with Crippen molar-refractivity contribution in [3.05, 3.63) is 18.2 Å². The van der Waals surface area contributed by atoms with Crippen LogP contribution in [0.2, 0.25) is 0 Å². The van der Waals surface area contributed by atoms with Crippen LogP contribution in [0.15, 0.2) is 12.5 Å². The van der Waals surface area contributed by atoms with Crippen molar-refractivity contribution in [3.63, 3.8) is 0 Å². The molecule has 1 aromatic rings. The van der Waals surface area contributed by atoms with E-state index in [1.54, 1.807) is 0 Å². The molecule has 1 saturated carbocycles. The number of aryl methyl sites for hydroxylation is 1. The molecule has 2 atom stereocenters. The van der Waals surface area contributed by atoms with Gasteiger partial charge >= 0.3 is 0 Å². The van der Waals surface area contributed by atoms with E-state index in [2.05, 4.69) is 28.7 Å². The van der Waals surface area contributed by atoms with Gasteiger partial charge < -0.3 is 9.88 Å². The summed E-state index contributed by atoms with van der Waals surface area (Å²) < 4.78 is 2.27. The van der Waals surface area contributed by atoms with Gasteiger partial charge in [0.25, 0.3) is 0 Å². The SMILES string of the molecule is CCCn1cncc1CNC1CCCC(C)CC1. The fourth-order valence-electron chi connectivity index (χ4n) is 2.88. The summed E-state index contributed by atoms with van der Waals surface area (Å²) in [7, 11) is 0. The summed E-state index contributed by atoms with van der Waals surface area (Å²) in [5.74, 6) is 0.919. The van der Waals surface area contributed by atoms with E-state index in [4.69, 9.17) is 0 Å². The Kier molecular flexibility index (Phi) is 5.24. The van der Waals surface area contributed by atoms with Crippen LogP contribution in [0.5, 0.6) is 0 Å². The van der Waals surface area contributed by atoms with E-state index in [9.17, 15) is 0 Å². The Bertz CT molecular complexity index is 345. The van der Waals surface area contributed by atoms with Crippen LogP contribution in [-0.2, 0) is 13.1 Å². The lowest BCUT2D eigenvalue weighted by Crippen LogP contribution is -2.28. The van der Waals surface area contributed by atoms with Gasteiger partial charge in [0.15, 0.2) is 0 Å². The molecule has 3 heteroatoms. The van der Waals surface area contributed by atoms with Crippen molar-refractivity contribution in [2.24, 2.45) is 5.92 Å². The van der Waals surface area contributed by atoms with Gasteiger partial charge in [0, 0.05) is 25.3 Å². The summed E-state index contributed by atoms with van der Waals surface area (Å²) in [6.07, 6.45) is 12.0. The summed E-state index contributed by atoms with van der Waals surface area (Å²) in [5, 5.41) is 3.72. The smallest absolute Gasteiger partial charge is 0.0948 e. The Morgan fingerprint density at radius 2 is 2.22 bits per heavy atom. The molecule has 0 amide bonds. The van der Waals surface area contributed by atoms with Gasteiger partial charge in [0.2, 0.25) is 0 Å². The zero-order chi connectivity index (χ0) is 12.8. The fourth-order valence-corrected chi connectivity index (χ4v) is 2.88. The highest BCUT2D eigenvalue weighted by Crippen LogP contribution is 2.22. The van der Waals surface area contributed by atoms with Crippen molar-refractivity contribution in [3.8, 4) is 0 Å². The Morgan fingerprint density at radius 3 is 3.06 bits per heavy atom. The van der Waals surface area contributed by atoms with E-state index in [0.29, 0.717) is 6.04 Å². The zero-order valence-corrected chi connectivity index (χ0v) is 11.9. The number of rotatable bonds is 5. The molecule has 1 heterocycles. The average molecular weight is 249 g/mol. The van der Waals surface area contributed by atoms with Crippen molar-refractivity contribution in [1.82, 2.24) is 14.9 Å². The number of aromatic nitrogens is 2. The second-order valence-corrected chi connectivity index (χ2v) is 5.77. The summed E-state index contributed by atoms with van der Waals surface area (Å²) in [5.41, 5.74) is 1.33. The van der Waals surface area contributed by atoms with Crippen LogP contribution in [-0.4, -0.2) is 15.6 Å². The summed E-state index contributed by atoms with van der Waals surface area (Å²) in [4.78, 5) is 4.26. The van der Waals surface area contributed by atoms with Crippen molar-refractivity contribution in [2.75, 3.05) is 0 Å². The number of nitrogens with one attached hydrogen (secondary N) is 1. The number of imidazole rings is 1. The van der Waals surface area contributed by atoms with Crippen molar-refractivity contribution in [1.29, 1.82) is 0 Å². The van der Waals surface area contributed by atoms with E-state index in [0.717, 1.165) is 19.0 Å². The molecular formula is C15H27N3. The quantitative estimate of drug-likeness (QED) is 0.811. The van der Waals surface area contributed by atoms with Gasteiger partial charge in [-0.1, -0.05) is 26.7 Å². The maximum Gasteiger partial charge on any atom is 0.0948 e. The molecule has 1 N–H and O–H groups in total. The number of hydrogen-bond acceptors (Lipinski definition) is 2. The normalized spacial score (nSPS) is 25.0. The molecule has 2 unspecified atom stereocenters. The maximum absolute atomic E-state index is 4.26. The van der Waals surface area contributed by atoms with E-state index in [-0.39, 0.29) is 0 Å². The predicted molar refractivity (Wildman–Crippen MR) is 75.4 cm³/mol. The second-order valence-electron chi connectivity index (χ2n) is 5.77. The third kappa shape index (κ3) is 3.84. The lowest BCUT2D eigenvalue weighted by Gasteiger charge is -2.17. The Balaban J connectivity index is 1.81. The second kappa shape index (κ2) is 6.93. The molecule has 2 rings (SSSR count). The summed E-state index contributed by atoms with van der Waals surface area (Å²) in [6.45, 7) is 6.65. The van der Waals surface area contributed by atoms with Gasteiger partial charge in [-0.2, -0.15) is 0 Å². The maximum atomic E-state index is 4.26. The first-order valence-corrected chi connectivity index (χ1v) is 7.52. The van der Waals surface area contributed by atoms with Crippen LogP contribution in [0.3, 0.4) is 0 Å². The highest BCUT2D eigenvalue weighted by molar-refractivity contribution is 4.98. The van der Waals surface area contributed by atoms with Crippen LogP contribution in [0.4, 0.5) is 0 Å².